The standard InChI is InChI=1S/C16H15ClF3N3O3S/c1-27(25,26)23(10-15(24)22-9-11-4-6-21-7-5-11)14-8-12(16(18,19)20)2-3-13(14)17/h2-8H,9-10H2,1H3,(H,22,24). The van der Waals surface area contributed by atoms with Crippen LogP contribution in [-0.2, 0) is 27.5 Å². The summed E-state index contributed by atoms with van der Waals surface area (Å²) < 4.78 is 63.4. The molecular formula is C16H15ClF3N3O3S. The zero-order chi connectivity index (χ0) is 20.2. The van der Waals surface area contributed by atoms with Crippen LogP contribution in [0.1, 0.15) is 11.1 Å². The average Bonchev–Trinajstić information content (AvgIpc) is 2.57. The number of amides is 1. The minimum Gasteiger partial charge on any atom is -0.350 e. The smallest absolute Gasteiger partial charge is 0.350 e. The van der Waals surface area contributed by atoms with E-state index in [0.29, 0.717) is 10.4 Å². The Morgan fingerprint density at radius 2 is 1.85 bits per heavy atom. The molecule has 1 amide bonds. The van der Waals surface area contributed by atoms with E-state index in [2.05, 4.69) is 10.3 Å². The third-order valence-corrected chi connectivity index (χ3v) is 4.91. The van der Waals surface area contributed by atoms with Crippen molar-refractivity contribution in [3.8, 4) is 0 Å². The van der Waals surface area contributed by atoms with Crippen molar-refractivity contribution >= 4 is 33.2 Å². The molecule has 2 aromatic rings. The molecule has 1 aromatic heterocycles. The zero-order valence-electron chi connectivity index (χ0n) is 14.0. The van der Waals surface area contributed by atoms with Gasteiger partial charge in [-0.2, -0.15) is 13.2 Å². The summed E-state index contributed by atoms with van der Waals surface area (Å²) in [6.45, 7) is -0.611. The van der Waals surface area contributed by atoms with Gasteiger partial charge in [-0.15, -0.1) is 0 Å². The minimum absolute atomic E-state index is 0.106. The van der Waals surface area contributed by atoms with Crippen molar-refractivity contribution < 1.29 is 26.4 Å². The molecule has 0 unspecified atom stereocenters. The highest BCUT2D eigenvalue weighted by atomic mass is 35.5. The maximum atomic E-state index is 12.9. The first-order valence-electron chi connectivity index (χ1n) is 7.48. The molecule has 11 heteroatoms. The third kappa shape index (κ3) is 5.83. The Morgan fingerprint density at radius 1 is 1.22 bits per heavy atom. The number of carbonyl (C=O) groups excluding carboxylic acids is 1. The number of aromatic nitrogens is 1. The van der Waals surface area contributed by atoms with Crippen LogP contribution in [0.25, 0.3) is 0 Å². The quantitative estimate of drug-likeness (QED) is 0.777. The molecule has 0 spiro atoms. The van der Waals surface area contributed by atoms with Crippen LogP contribution >= 0.6 is 11.6 Å². The van der Waals surface area contributed by atoms with Crippen LogP contribution < -0.4 is 9.62 Å². The van der Waals surface area contributed by atoms with E-state index in [4.69, 9.17) is 11.6 Å². The van der Waals surface area contributed by atoms with Crippen LogP contribution in [0.5, 0.6) is 0 Å². The summed E-state index contributed by atoms with van der Waals surface area (Å²) in [6.07, 6.45) is -0.870. The molecule has 0 fully saturated rings. The zero-order valence-corrected chi connectivity index (χ0v) is 15.6. The molecule has 0 atom stereocenters. The summed E-state index contributed by atoms with van der Waals surface area (Å²) in [5.41, 5.74) is -0.776. The number of hydrogen-bond acceptors (Lipinski definition) is 4. The van der Waals surface area contributed by atoms with Crippen LogP contribution in [-0.4, -0.2) is 32.1 Å². The van der Waals surface area contributed by atoms with Crippen molar-refractivity contribution in [3.05, 3.63) is 58.9 Å². The number of anilines is 1. The first kappa shape index (κ1) is 21.0. The van der Waals surface area contributed by atoms with Gasteiger partial charge in [0.2, 0.25) is 15.9 Å². The number of hydrogen-bond donors (Lipinski definition) is 1. The molecule has 6 nitrogen and oxygen atoms in total. The van der Waals surface area contributed by atoms with E-state index in [1.807, 2.05) is 0 Å². The molecule has 1 heterocycles. The van der Waals surface area contributed by atoms with E-state index in [9.17, 15) is 26.4 Å². The summed E-state index contributed by atoms with van der Waals surface area (Å²) in [5, 5.41) is 2.27. The molecule has 0 aliphatic carbocycles. The van der Waals surface area contributed by atoms with Gasteiger partial charge in [0, 0.05) is 18.9 Å². The van der Waals surface area contributed by atoms with Gasteiger partial charge < -0.3 is 5.32 Å². The number of sulfonamides is 1. The fourth-order valence-corrected chi connectivity index (χ4v) is 3.28. The fraction of sp³-hybridized carbons (Fsp3) is 0.250. The maximum absolute atomic E-state index is 12.9. The first-order chi connectivity index (χ1) is 12.5. The van der Waals surface area contributed by atoms with Crippen LogP contribution in [0, 0.1) is 0 Å². The number of pyridine rings is 1. The number of carbonyl (C=O) groups is 1. The van der Waals surface area contributed by atoms with Crippen LogP contribution in [0.2, 0.25) is 5.02 Å². The first-order valence-corrected chi connectivity index (χ1v) is 9.71. The molecule has 2 rings (SSSR count). The van der Waals surface area contributed by atoms with Crippen LogP contribution in [0.15, 0.2) is 42.7 Å². The highest BCUT2D eigenvalue weighted by Crippen LogP contribution is 2.36. The minimum atomic E-state index is -4.69. The molecule has 0 aliphatic heterocycles. The van der Waals surface area contributed by atoms with E-state index in [0.717, 1.165) is 24.0 Å². The molecule has 1 aromatic carbocycles. The van der Waals surface area contributed by atoms with Gasteiger partial charge in [0.1, 0.15) is 6.54 Å². The van der Waals surface area contributed by atoms with Crippen LogP contribution in [0.4, 0.5) is 18.9 Å². The fourth-order valence-electron chi connectivity index (χ4n) is 2.15. The van der Waals surface area contributed by atoms with E-state index in [-0.39, 0.29) is 11.6 Å². The number of halogens is 4. The van der Waals surface area contributed by atoms with Gasteiger partial charge in [-0.05, 0) is 35.9 Å². The van der Waals surface area contributed by atoms with Gasteiger partial charge in [0.25, 0.3) is 0 Å². The van der Waals surface area contributed by atoms with Crippen molar-refractivity contribution in [1.82, 2.24) is 10.3 Å². The predicted octanol–water partition coefficient (Wildman–Crippen LogP) is 2.84. The largest absolute Gasteiger partial charge is 0.416 e. The topological polar surface area (TPSA) is 79.4 Å². The van der Waals surface area contributed by atoms with Gasteiger partial charge in [-0.1, -0.05) is 11.6 Å². The summed E-state index contributed by atoms with van der Waals surface area (Å²) in [4.78, 5) is 16.0. The number of rotatable bonds is 6. The lowest BCUT2D eigenvalue weighted by molar-refractivity contribution is -0.137. The number of benzene rings is 1. The van der Waals surface area contributed by atoms with Gasteiger partial charge in [0.15, 0.2) is 0 Å². The summed E-state index contributed by atoms with van der Waals surface area (Å²) >= 11 is 5.89. The molecule has 27 heavy (non-hydrogen) atoms. The Balaban J connectivity index is 2.25. The van der Waals surface area contributed by atoms with E-state index in [1.54, 1.807) is 12.1 Å². The Kier molecular flexibility index (Phi) is 6.32. The Bertz CT molecular complexity index is 921. The van der Waals surface area contributed by atoms with Crippen molar-refractivity contribution in [1.29, 1.82) is 0 Å². The lowest BCUT2D eigenvalue weighted by Gasteiger charge is -2.24. The molecule has 0 aliphatic rings. The van der Waals surface area contributed by atoms with Gasteiger partial charge in [-0.3, -0.25) is 14.1 Å². The summed E-state index contributed by atoms with van der Waals surface area (Å²) in [5.74, 6) is -0.703. The monoisotopic (exact) mass is 421 g/mol. The highest BCUT2D eigenvalue weighted by molar-refractivity contribution is 7.92. The van der Waals surface area contributed by atoms with Crippen molar-refractivity contribution in [2.24, 2.45) is 0 Å². The molecule has 1 N–H and O–H groups in total. The van der Waals surface area contributed by atoms with Crippen molar-refractivity contribution in [2.45, 2.75) is 12.7 Å². The Hall–Kier alpha value is -2.33. The number of nitrogens with one attached hydrogen (secondary N) is 1. The number of nitrogens with zero attached hydrogens (tertiary/aromatic N) is 2. The van der Waals surface area contributed by atoms with Crippen molar-refractivity contribution in [3.63, 3.8) is 0 Å². The second kappa shape index (κ2) is 8.13. The Morgan fingerprint density at radius 3 is 2.41 bits per heavy atom. The number of alkyl halides is 3. The SMILES string of the molecule is CS(=O)(=O)N(CC(=O)NCc1ccncc1)c1cc(C(F)(F)F)ccc1Cl. The lowest BCUT2D eigenvalue weighted by atomic mass is 10.2. The summed E-state index contributed by atoms with van der Waals surface area (Å²) in [7, 11) is -4.07. The van der Waals surface area contributed by atoms with Gasteiger partial charge >= 0.3 is 6.18 Å². The van der Waals surface area contributed by atoms with E-state index < -0.39 is 39.9 Å². The second-order valence-corrected chi connectivity index (χ2v) is 7.88. The normalized spacial score (nSPS) is 11.9. The molecule has 0 saturated heterocycles. The molecule has 146 valence electrons. The molecule has 0 radical (unpaired) electrons. The Labute approximate surface area is 159 Å². The van der Waals surface area contributed by atoms with E-state index in [1.165, 1.54) is 12.4 Å². The van der Waals surface area contributed by atoms with Crippen molar-refractivity contribution in [2.75, 3.05) is 17.1 Å². The second-order valence-electron chi connectivity index (χ2n) is 5.57. The van der Waals surface area contributed by atoms with E-state index >= 15 is 0 Å². The van der Waals surface area contributed by atoms with Crippen LogP contribution in [0.3, 0.4) is 0 Å². The van der Waals surface area contributed by atoms with Gasteiger partial charge in [-0.25, -0.2) is 8.42 Å². The summed E-state index contributed by atoms with van der Waals surface area (Å²) in [6, 6.07) is 5.57. The third-order valence-electron chi connectivity index (χ3n) is 3.47. The van der Waals surface area contributed by atoms with Gasteiger partial charge in [0.05, 0.1) is 22.5 Å². The lowest BCUT2D eigenvalue weighted by Crippen LogP contribution is -2.40. The predicted molar refractivity (Wildman–Crippen MR) is 94.7 cm³/mol. The molecule has 0 bridgehead atoms. The average molecular weight is 422 g/mol. The highest BCUT2D eigenvalue weighted by Gasteiger charge is 2.33. The molecule has 0 saturated carbocycles. The maximum Gasteiger partial charge on any atom is 0.416 e. The molecular weight excluding hydrogens is 407 g/mol.